The van der Waals surface area contributed by atoms with Crippen LogP contribution in [0.2, 0.25) is 0 Å². The van der Waals surface area contributed by atoms with Gasteiger partial charge in [0, 0.05) is 25.8 Å². The van der Waals surface area contributed by atoms with E-state index in [0.29, 0.717) is 6.54 Å². The summed E-state index contributed by atoms with van der Waals surface area (Å²) in [7, 11) is 2.19. The van der Waals surface area contributed by atoms with Crippen molar-refractivity contribution in [2.24, 2.45) is 11.7 Å². The first-order valence-corrected chi connectivity index (χ1v) is 5.60. The second kappa shape index (κ2) is 4.33. The van der Waals surface area contributed by atoms with Crippen molar-refractivity contribution in [3.8, 4) is 0 Å². The largest absolute Gasteiger partial charge is 0.334 e. The molecule has 1 fully saturated rings. The maximum Gasteiger partial charge on any atom is 0.105 e. The maximum atomic E-state index is 5.58. The number of hydrogen-bond acceptors (Lipinski definition) is 3. The van der Waals surface area contributed by atoms with Gasteiger partial charge in [-0.25, -0.2) is 4.98 Å². The normalized spacial score (nSPS) is 22.5. The van der Waals surface area contributed by atoms with Crippen molar-refractivity contribution in [1.82, 2.24) is 14.5 Å². The summed E-state index contributed by atoms with van der Waals surface area (Å²) in [6.45, 7) is 6.11. The molecule has 1 atom stereocenters. The van der Waals surface area contributed by atoms with Crippen LogP contribution in [-0.2, 0) is 13.1 Å². The predicted molar refractivity (Wildman–Crippen MR) is 60.5 cm³/mol. The minimum Gasteiger partial charge on any atom is -0.334 e. The van der Waals surface area contributed by atoms with Crippen molar-refractivity contribution in [3.05, 3.63) is 17.7 Å². The fraction of sp³-hybridized carbons (Fsp3) is 0.727. The van der Waals surface area contributed by atoms with E-state index in [9.17, 15) is 0 Å². The van der Waals surface area contributed by atoms with Gasteiger partial charge in [0.1, 0.15) is 5.82 Å². The fourth-order valence-corrected chi connectivity index (χ4v) is 2.31. The molecule has 1 aliphatic rings. The number of aromatic nitrogens is 2. The fourth-order valence-electron chi connectivity index (χ4n) is 2.31. The number of aryl methyl sites for hydroxylation is 1. The van der Waals surface area contributed by atoms with Crippen LogP contribution in [0.4, 0.5) is 0 Å². The van der Waals surface area contributed by atoms with Crippen LogP contribution < -0.4 is 5.73 Å². The Kier molecular flexibility index (Phi) is 3.07. The van der Waals surface area contributed by atoms with Gasteiger partial charge in [0.2, 0.25) is 0 Å². The lowest BCUT2D eigenvalue weighted by molar-refractivity contribution is 0.376. The van der Waals surface area contributed by atoms with Crippen LogP contribution in [0.25, 0.3) is 0 Å². The number of rotatable bonds is 3. The molecule has 0 spiro atoms. The van der Waals surface area contributed by atoms with E-state index >= 15 is 0 Å². The molecule has 1 aromatic heterocycles. The van der Waals surface area contributed by atoms with E-state index in [-0.39, 0.29) is 0 Å². The Morgan fingerprint density at radius 1 is 1.60 bits per heavy atom. The molecule has 0 radical (unpaired) electrons. The first-order valence-electron chi connectivity index (χ1n) is 5.60. The third-order valence-electron chi connectivity index (χ3n) is 3.18. The minimum absolute atomic E-state index is 0.540. The molecule has 0 aliphatic carbocycles. The van der Waals surface area contributed by atoms with Crippen LogP contribution in [-0.4, -0.2) is 34.6 Å². The van der Waals surface area contributed by atoms with Crippen molar-refractivity contribution in [2.75, 3.05) is 20.1 Å². The maximum absolute atomic E-state index is 5.58. The summed E-state index contributed by atoms with van der Waals surface area (Å²) in [5.74, 6) is 1.86. The lowest BCUT2D eigenvalue weighted by Gasteiger charge is -2.12. The van der Waals surface area contributed by atoms with Gasteiger partial charge in [-0.05, 0) is 32.9 Å². The highest BCUT2D eigenvalue weighted by molar-refractivity contribution is 5.02. The molecular formula is C11H20N4. The topological polar surface area (TPSA) is 47.1 Å². The first kappa shape index (κ1) is 10.6. The molecule has 15 heavy (non-hydrogen) atoms. The molecular weight excluding hydrogens is 188 g/mol. The molecule has 0 bridgehead atoms. The number of hydrogen-bond donors (Lipinski definition) is 1. The Hall–Kier alpha value is -0.870. The molecule has 0 saturated carbocycles. The summed E-state index contributed by atoms with van der Waals surface area (Å²) in [5, 5.41) is 0. The van der Waals surface area contributed by atoms with Crippen LogP contribution >= 0.6 is 0 Å². The van der Waals surface area contributed by atoms with Crippen molar-refractivity contribution in [1.29, 1.82) is 0 Å². The van der Waals surface area contributed by atoms with E-state index < -0.39 is 0 Å². The molecule has 4 nitrogen and oxygen atoms in total. The van der Waals surface area contributed by atoms with Gasteiger partial charge in [0.05, 0.1) is 5.69 Å². The van der Waals surface area contributed by atoms with Crippen LogP contribution in [0.15, 0.2) is 6.20 Å². The van der Waals surface area contributed by atoms with Crippen LogP contribution in [0.1, 0.15) is 17.9 Å². The Labute approximate surface area is 91.1 Å². The average Bonchev–Trinajstić information content (AvgIpc) is 2.75. The minimum atomic E-state index is 0.540. The van der Waals surface area contributed by atoms with Gasteiger partial charge in [0.25, 0.3) is 0 Å². The second-order valence-electron chi connectivity index (χ2n) is 4.55. The molecule has 1 unspecified atom stereocenters. The second-order valence-corrected chi connectivity index (χ2v) is 4.55. The monoisotopic (exact) mass is 208 g/mol. The van der Waals surface area contributed by atoms with E-state index in [1.807, 2.05) is 0 Å². The summed E-state index contributed by atoms with van der Waals surface area (Å²) in [6, 6.07) is 0. The zero-order chi connectivity index (χ0) is 10.8. The number of likely N-dealkylation sites (tertiary alicyclic amines) is 1. The highest BCUT2D eigenvalue weighted by atomic mass is 15.1. The third kappa shape index (κ3) is 2.38. The smallest absolute Gasteiger partial charge is 0.105 e. The molecule has 1 aliphatic heterocycles. The summed E-state index contributed by atoms with van der Waals surface area (Å²) >= 11 is 0. The molecule has 2 rings (SSSR count). The van der Waals surface area contributed by atoms with Gasteiger partial charge in [-0.3, -0.25) is 0 Å². The zero-order valence-electron chi connectivity index (χ0n) is 9.61. The molecule has 84 valence electrons. The highest BCUT2D eigenvalue weighted by Gasteiger charge is 2.20. The molecule has 1 saturated heterocycles. The van der Waals surface area contributed by atoms with Crippen LogP contribution in [0.3, 0.4) is 0 Å². The van der Waals surface area contributed by atoms with Crippen LogP contribution in [0.5, 0.6) is 0 Å². The quantitative estimate of drug-likeness (QED) is 0.791. The molecule has 4 heteroatoms. The Morgan fingerprint density at radius 3 is 2.93 bits per heavy atom. The van der Waals surface area contributed by atoms with Crippen LogP contribution in [0, 0.1) is 12.8 Å². The summed E-state index contributed by atoms with van der Waals surface area (Å²) in [6.07, 6.45) is 3.39. The number of nitrogens with zero attached hydrogens (tertiary/aromatic N) is 3. The number of nitrogens with two attached hydrogens (primary N) is 1. The van der Waals surface area contributed by atoms with Crippen molar-refractivity contribution in [3.63, 3.8) is 0 Å². The Bertz CT molecular complexity index is 331. The van der Waals surface area contributed by atoms with E-state index in [4.69, 9.17) is 5.73 Å². The predicted octanol–water partition coefficient (Wildman–Crippen LogP) is 0.602. The van der Waals surface area contributed by atoms with Gasteiger partial charge in [-0.1, -0.05) is 0 Å². The van der Waals surface area contributed by atoms with Crippen molar-refractivity contribution in [2.45, 2.75) is 26.4 Å². The summed E-state index contributed by atoms with van der Waals surface area (Å²) < 4.78 is 2.24. The van der Waals surface area contributed by atoms with Crippen molar-refractivity contribution >= 4 is 0 Å². The van der Waals surface area contributed by atoms with Gasteiger partial charge in [0.15, 0.2) is 0 Å². The summed E-state index contributed by atoms with van der Waals surface area (Å²) in [4.78, 5) is 6.80. The summed E-state index contributed by atoms with van der Waals surface area (Å²) in [5.41, 5.74) is 6.58. The van der Waals surface area contributed by atoms with Gasteiger partial charge < -0.3 is 15.2 Å². The van der Waals surface area contributed by atoms with Crippen molar-refractivity contribution < 1.29 is 0 Å². The van der Waals surface area contributed by atoms with E-state index in [1.165, 1.54) is 19.5 Å². The van der Waals surface area contributed by atoms with Gasteiger partial charge in [-0.15, -0.1) is 0 Å². The van der Waals surface area contributed by atoms with E-state index in [2.05, 4.69) is 34.6 Å². The average molecular weight is 208 g/mol. The Morgan fingerprint density at radius 2 is 2.40 bits per heavy atom. The standard InChI is InChI=1S/C11H20N4/c1-9-13-11(5-12)8-15(9)7-10-3-4-14(2)6-10/h8,10H,3-7,12H2,1-2H3. The molecule has 0 aromatic carbocycles. The highest BCUT2D eigenvalue weighted by Crippen LogP contribution is 2.17. The first-order chi connectivity index (χ1) is 7.19. The lowest BCUT2D eigenvalue weighted by Crippen LogP contribution is -2.17. The lowest BCUT2D eigenvalue weighted by atomic mass is 10.1. The Balaban J connectivity index is 2.00. The molecule has 0 amide bonds. The van der Waals surface area contributed by atoms with Gasteiger partial charge >= 0.3 is 0 Å². The third-order valence-corrected chi connectivity index (χ3v) is 3.18. The van der Waals surface area contributed by atoms with E-state index in [1.54, 1.807) is 0 Å². The number of imidazole rings is 1. The van der Waals surface area contributed by atoms with E-state index in [0.717, 1.165) is 24.0 Å². The zero-order valence-corrected chi connectivity index (χ0v) is 9.61. The molecule has 1 aromatic rings. The van der Waals surface area contributed by atoms with Gasteiger partial charge in [-0.2, -0.15) is 0 Å². The SMILES string of the molecule is Cc1nc(CN)cn1CC1CCN(C)C1. The molecule has 2 heterocycles. The molecule has 2 N–H and O–H groups in total.